The van der Waals surface area contributed by atoms with Crippen LogP contribution < -0.4 is 14.4 Å². The third kappa shape index (κ3) is 9.23. The second-order valence-corrected chi connectivity index (χ2v) is 12.2. The van der Waals surface area contributed by atoms with Crippen molar-refractivity contribution in [1.29, 1.82) is 0 Å². The third-order valence-corrected chi connectivity index (χ3v) is 8.12. The molecule has 2 amide bonds. The Balaban J connectivity index is 1.90. The first-order valence-electron chi connectivity index (χ1n) is 13.5. The summed E-state index contributed by atoms with van der Waals surface area (Å²) in [6.45, 7) is 4.35. The number of carbonyl (C=O) groups excluding carboxylic acids is 2. The molecule has 0 aromatic heterocycles. The number of carbonyl (C=O) groups is 2. The summed E-state index contributed by atoms with van der Waals surface area (Å²) >= 11 is 6.16. The molecule has 0 aliphatic heterocycles. The molecule has 220 valence electrons. The highest BCUT2D eigenvalue weighted by molar-refractivity contribution is 7.92. The maximum absolute atomic E-state index is 13.9. The molecule has 41 heavy (non-hydrogen) atoms. The molecule has 0 bridgehead atoms. The van der Waals surface area contributed by atoms with Crippen LogP contribution in [0.15, 0.2) is 72.8 Å². The molecule has 0 saturated heterocycles. The highest BCUT2D eigenvalue weighted by atomic mass is 35.5. The van der Waals surface area contributed by atoms with Gasteiger partial charge in [0.2, 0.25) is 21.8 Å². The average molecular weight is 600 g/mol. The molecule has 0 radical (unpaired) electrons. The lowest BCUT2D eigenvalue weighted by molar-refractivity contribution is -0.141. The van der Waals surface area contributed by atoms with E-state index in [1.165, 1.54) is 4.31 Å². The molecule has 8 nitrogen and oxygen atoms in total. The lowest BCUT2D eigenvalue weighted by Gasteiger charge is -2.32. The number of halogens is 1. The molecule has 3 aromatic carbocycles. The molecule has 1 N–H and O–H groups in total. The van der Waals surface area contributed by atoms with Crippen molar-refractivity contribution in [1.82, 2.24) is 10.2 Å². The first-order valence-corrected chi connectivity index (χ1v) is 15.7. The smallest absolute Gasteiger partial charge is 0.243 e. The van der Waals surface area contributed by atoms with Crippen molar-refractivity contribution >= 4 is 39.1 Å². The minimum atomic E-state index is -3.64. The fourth-order valence-electron chi connectivity index (χ4n) is 4.65. The third-order valence-electron chi connectivity index (χ3n) is 6.70. The van der Waals surface area contributed by atoms with Gasteiger partial charge in [0, 0.05) is 37.5 Å². The normalized spacial score (nSPS) is 11.9. The number of hydrogen-bond donors (Lipinski definition) is 1. The number of hydrogen-bond acceptors (Lipinski definition) is 5. The zero-order valence-electron chi connectivity index (χ0n) is 24.0. The van der Waals surface area contributed by atoms with Crippen LogP contribution in [0.25, 0.3) is 0 Å². The van der Waals surface area contributed by atoms with Gasteiger partial charge in [-0.2, -0.15) is 0 Å². The highest BCUT2D eigenvalue weighted by Crippen LogP contribution is 2.27. The van der Waals surface area contributed by atoms with Crippen LogP contribution >= 0.6 is 11.6 Å². The summed E-state index contributed by atoms with van der Waals surface area (Å²) in [4.78, 5) is 28.8. The number of likely N-dealkylation sites (N-methyl/N-ethyl adjacent to an activating group) is 1. The molecule has 0 aliphatic rings. The van der Waals surface area contributed by atoms with E-state index >= 15 is 0 Å². The van der Waals surface area contributed by atoms with E-state index in [4.69, 9.17) is 16.3 Å². The Hall–Kier alpha value is -3.56. The van der Waals surface area contributed by atoms with Crippen LogP contribution in [0.5, 0.6) is 5.75 Å². The van der Waals surface area contributed by atoms with Crippen LogP contribution in [-0.2, 0) is 32.6 Å². The predicted octanol–water partition coefficient (Wildman–Crippen LogP) is 4.98. The number of ether oxygens (including phenoxy) is 1. The van der Waals surface area contributed by atoms with Gasteiger partial charge in [0.15, 0.2) is 0 Å². The van der Waals surface area contributed by atoms with Crippen LogP contribution in [0.4, 0.5) is 5.69 Å². The largest absolute Gasteiger partial charge is 0.497 e. The van der Waals surface area contributed by atoms with Crippen molar-refractivity contribution in [3.8, 4) is 5.75 Å². The van der Waals surface area contributed by atoms with Gasteiger partial charge in [-0.25, -0.2) is 8.42 Å². The van der Waals surface area contributed by atoms with E-state index in [0.29, 0.717) is 29.4 Å². The molecule has 10 heteroatoms. The summed E-state index contributed by atoms with van der Waals surface area (Å²) in [6.07, 6.45) is 1.76. The Morgan fingerprint density at radius 1 is 1.00 bits per heavy atom. The maximum atomic E-state index is 13.9. The van der Waals surface area contributed by atoms with Gasteiger partial charge in [0.25, 0.3) is 0 Å². The molecule has 0 spiro atoms. The van der Waals surface area contributed by atoms with Gasteiger partial charge < -0.3 is 15.0 Å². The number of benzene rings is 3. The van der Waals surface area contributed by atoms with E-state index in [0.717, 1.165) is 22.9 Å². The second kappa shape index (κ2) is 14.9. The van der Waals surface area contributed by atoms with Crippen molar-refractivity contribution in [2.45, 2.75) is 45.7 Å². The van der Waals surface area contributed by atoms with Crippen LogP contribution in [-0.4, -0.2) is 57.6 Å². The first kappa shape index (κ1) is 32.0. The Bertz CT molecular complexity index is 1430. The van der Waals surface area contributed by atoms with E-state index in [2.05, 4.69) is 5.32 Å². The lowest BCUT2D eigenvalue weighted by Crippen LogP contribution is -2.50. The summed E-state index contributed by atoms with van der Waals surface area (Å²) < 4.78 is 32.0. The van der Waals surface area contributed by atoms with Gasteiger partial charge in [-0.1, -0.05) is 60.1 Å². The van der Waals surface area contributed by atoms with Gasteiger partial charge in [0.05, 0.1) is 19.1 Å². The molecule has 0 saturated carbocycles. The van der Waals surface area contributed by atoms with Crippen LogP contribution in [0.2, 0.25) is 5.02 Å². The Kier molecular flexibility index (Phi) is 11.6. The van der Waals surface area contributed by atoms with Crippen LogP contribution in [0.3, 0.4) is 0 Å². The zero-order chi connectivity index (χ0) is 30.0. The van der Waals surface area contributed by atoms with Crippen molar-refractivity contribution in [2.75, 3.05) is 30.8 Å². The van der Waals surface area contributed by atoms with Crippen molar-refractivity contribution in [2.24, 2.45) is 0 Å². The predicted molar refractivity (Wildman–Crippen MR) is 164 cm³/mol. The minimum absolute atomic E-state index is 0.0420. The second-order valence-electron chi connectivity index (χ2n) is 9.84. The Morgan fingerprint density at radius 3 is 2.37 bits per heavy atom. The number of nitrogens with zero attached hydrogens (tertiary/aromatic N) is 2. The number of aryl methyl sites for hydroxylation is 1. The first-order chi connectivity index (χ1) is 19.5. The molecule has 3 aromatic rings. The minimum Gasteiger partial charge on any atom is -0.497 e. The van der Waals surface area contributed by atoms with Gasteiger partial charge >= 0.3 is 0 Å². The summed E-state index contributed by atoms with van der Waals surface area (Å²) in [7, 11) is -2.06. The lowest BCUT2D eigenvalue weighted by atomic mass is 10.0. The van der Waals surface area contributed by atoms with Gasteiger partial charge in [-0.3, -0.25) is 13.9 Å². The van der Waals surface area contributed by atoms with Crippen molar-refractivity contribution < 1.29 is 22.7 Å². The number of nitrogens with one attached hydrogen (secondary N) is 1. The van der Waals surface area contributed by atoms with Gasteiger partial charge in [0.1, 0.15) is 11.8 Å². The van der Waals surface area contributed by atoms with E-state index in [1.54, 1.807) is 30.2 Å². The molecule has 0 heterocycles. The monoisotopic (exact) mass is 599 g/mol. The van der Waals surface area contributed by atoms with Crippen LogP contribution in [0.1, 0.15) is 36.5 Å². The standard InChI is InChI=1S/C31H38ClN3O5S/c1-5-33-31(37)29(20-24-11-7-6-8-12-24)34(22-25-13-9-14-27(19-25)40-3)30(36)15-10-18-35(41(4,38)39)28-21-26(32)17-16-23(28)2/h6-9,11-14,16-17,19,21,29H,5,10,15,18,20,22H2,1-4H3,(H,33,37)/t29-/m1/s1. The van der Waals surface area contributed by atoms with Crippen LogP contribution in [0, 0.1) is 6.92 Å². The zero-order valence-corrected chi connectivity index (χ0v) is 25.5. The number of amides is 2. The summed E-state index contributed by atoms with van der Waals surface area (Å²) in [5.41, 5.74) is 2.97. The van der Waals surface area contributed by atoms with E-state index in [-0.39, 0.29) is 37.7 Å². The molecule has 1 atom stereocenters. The van der Waals surface area contributed by atoms with Crippen molar-refractivity contribution in [3.05, 3.63) is 94.5 Å². The SMILES string of the molecule is CCNC(=O)[C@@H](Cc1ccccc1)N(Cc1cccc(OC)c1)C(=O)CCCN(c1cc(Cl)ccc1C)S(C)(=O)=O. The molecule has 3 rings (SSSR count). The summed E-state index contributed by atoms with van der Waals surface area (Å²) in [6, 6.07) is 21.2. The number of anilines is 1. The molecule has 0 fully saturated rings. The summed E-state index contributed by atoms with van der Waals surface area (Å²) in [5, 5.41) is 3.30. The molecule has 0 aliphatic carbocycles. The topological polar surface area (TPSA) is 96.0 Å². The van der Waals surface area contributed by atoms with E-state index in [1.807, 2.05) is 68.4 Å². The Morgan fingerprint density at radius 2 is 1.71 bits per heavy atom. The number of methoxy groups -OCH3 is 1. The van der Waals surface area contributed by atoms with E-state index in [9.17, 15) is 18.0 Å². The summed E-state index contributed by atoms with van der Waals surface area (Å²) in [5.74, 6) is 0.143. The fraction of sp³-hybridized carbons (Fsp3) is 0.355. The Labute approximate surface area is 248 Å². The van der Waals surface area contributed by atoms with E-state index < -0.39 is 16.1 Å². The number of rotatable bonds is 14. The van der Waals surface area contributed by atoms with Gasteiger partial charge in [-0.15, -0.1) is 0 Å². The molecular weight excluding hydrogens is 562 g/mol. The van der Waals surface area contributed by atoms with Gasteiger partial charge in [-0.05, 0) is 61.2 Å². The highest BCUT2D eigenvalue weighted by Gasteiger charge is 2.30. The quantitative estimate of drug-likeness (QED) is 0.282. The number of sulfonamides is 1. The molecular formula is C31H38ClN3O5S. The van der Waals surface area contributed by atoms with Crippen molar-refractivity contribution in [3.63, 3.8) is 0 Å². The average Bonchev–Trinajstić information content (AvgIpc) is 2.94. The fourth-order valence-corrected chi connectivity index (χ4v) is 5.83. The molecule has 0 unspecified atom stereocenters. The maximum Gasteiger partial charge on any atom is 0.243 e.